The lowest BCUT2D eigenvalue weighted by atomic mass is 10.3. The number of carbonyl (C=O) groups is 1. The summed E-state index contributed by atoms with van der Waals surface area (Å²) in [7, 11) is -2.04. The molecule has 0 atom stereocenters. The number of nitrogens with zero attached hydrogens (tertiary/aromatic N) is 1. The van der Waals surface area contributed by atoms with Crippen LogP contribution in [0.3, 0.4) is 0 Å². The zero-order chi connectivity index (χ0) is 14.5. The monoisotopic (exact) mass is 306 g/mol. The van der Waals surface area contributed by atoms with Crippen molar-refractivity contribution < 1.29 is 17.9 Å². The van der Waals surface area contributed by atoms with Gasteiger partial charge in [-0.05, 0) is 13.3 Å². The van der Waals surface area contributed by atoms with Gasteiger partial charge in [-0.2, -0.15) is 0 Å². The Morgan fingerprint density at radius 3 is 2.74 bits per heavy atom. The second kappa shape index (κ2) is 6.85. The van der Waals surface area contributed by atoms with Crippen molar-refractivity contribution in [2.75, 3.05) is 17.6 Å². The third kappa shape index (κ3) is 5.15. The van der Waals surface area contributed by atoms with Gasteiger partial charge in [-0.1, -0.05) is 13.3 Å². The Morgan fingerprint density at radius 2 is 2.16 bits per heavy atom. The minimum atomic E-state index is -3.35. The number of aromatic nitrogens is 1. The summed E-state index contributed by atoms with van der Waals surface area (Å²) in [5.74, 6) is -0.291. The number of rotatable bonds is 7. The number of carbonyl (C=O) groups excluding carboxylic acids is 1. The molecule has 1 aromatic rings. The summed E-state index contributed by atoms with van der Waals surface area (Å²) >= 11 is 1.16. The second-order valence-corrected chi connectivity index (χ2v) is 6.98. The SMILES string of the molecule is CCCCS(=O)(=O)Nc1nc(C)c(CC(=O)OC)s1. The van der Waals surface area contributed by atoms with Crippen molar-refractivity contribution in [2.45, 2.75) is 33.1 Å². The van der Waals surface area contributed by atoms with Crippen LogP contribution in [0.15, 0.2) is 0 Å². The average molecular weight is 306 g/mol. The van der Waals surface area contributed by atoms with Crippen molar-refractivity contribution in [2.24, 2.45) is 0 Å². The number of esters is 1. The number of ether oxygens (including phenoxy) is 1. The molecule has 6 nitrogen and oxygen atoms in total. The maximum atomic E-state index is 11.7. The molecule has 0 aliphatic rings. The number of hydrogen-bond donors (Lipinski definition) is 1. The van der Waals surface area contributed by atoms with E-state index in [-0.39, 0.29) is 18.1 Å². The zero-order valence-corrected chi connectivity index (χ0v) is 12.9. The molecule has 0 aliphatic heterocycles. The summed E-state index contributed by atoms with van der Waals surface area (Å²) in [6, 6.07) is 0. The Morgan fingerprint density at radius 1 is 1.47 bits per heavy atom. The van der Waals surface area contributed by atoms with Crippen LogP contribution in [0.4, 0.5) is 5.13 Å². The van der Waals surface area contributed by atoms with Gasteiger partial charge in [0.1, 0.15) is 0 Å². The van der Waals surface area contributed by atoms with Gasteiger partial charge >= 0.3 is 5.97 Å². The van der Waals surface area contributed by atoms with Crippen molar-refractivity contribution >= 4 is 32.5 Å². The Labute approximate surface area is 117 Å². The van der Waals surface area contributed by atoms with Crippen molar-refractivity contribution in [1.29, 1.82) is 0 Å². The van der Waals surface area contributed by atoms with Crippen LogP contribution in [0.25, 0.3) is 0 Å². The molecule has 0 unspecified atom stereocenters. The van der Waals surface area contributed by atoms with Crippen LogP contribution >= 0.6 is 11.3 Å². The maximum Gasteiger partial charge on any atom is 0.310 e. The van der Waals surface area contributed by atoms with Gasteiger partial charge in [0.05, 0.1) is 25.0 Å². The van der Waals surface area contributed by atoms with E-state index in [2.05, 4.69) is 14.4 Å². The van der Waals surface area contributed by atoms with E-state index >= 15 is 0 Å². The molecule has 0 aromatic carbocycles. The van der Waals surface area contributed by atoms with E-state index in [0.29, 0.717) is 22.1 Å². The molecule has 1 heterocycles. The number of nitrogens with one attached hydrogen (secondary N) is 1. The van der Waals surface area contributed by atoms with Gasteiger partial charge in [0.2, 0.25) is 10.0 Å². The van der Waals surface area contributed by atoms with E-state index < -0.39 is 10.0 Å². The van der Waals surface area contributed by atoms with Crippen LogP contribution in [0, 0.1) is 6.92 Å². The van der Waals surface area contributed by atoms with E-state index in [0.717, 1.165) is 17.8 Å². The molecule has 0 radical (unpaired) electrons. The van der Waals surface area contributed by atoms with E-state index in [1.54, 1.807) is 6.92 Å². The molecule has 1 N–H and O–H groups in total. The molecule has 8 heteroatoms. The molecule has 0 amide bonds. The number of anilines is 1. The largest absolute Gasteiger partial charge is 0.469 e. The predicted octanol–water partition coefficient (Wildman–Crippen LogP) is 1.71. The first-order valence-corrected chi connectivity index (χ1v) is 8.38. The molecule has 0 aliphatic carbocycles. The fourth-order valence-corrected chi connectivity index (χ4v) is 3.79. The Bertz CT molecular complexity index is 537. The molecule has 1 rings (SSSR count). The fraction of sp³-hybridized carbons (Fsp3) is 0.636. The highest BCUT2D eigenvalue weighted by Gasteiger charge is 2.16. The number of hydrogen-bond acceptors (Lipinski definition) is 6. The lowest BCUT2D eigenvalue weighted by molar-refractivity contribution is -0.139. The van der Waals surface area contributed by atoms with E-state index in [1.807, 2.05) is 6.92 Å². The third-order valence-corrected chi connectivity index (χ3v) is 4.97. The van der Waals surface area contributed by atoms with Crippen LogP contribution in [0.2, 0.25) is 0 Å². The summed E-state index contributed by atoms with van der Waals surface area (Å²) in [4.78, 5) is 16.0. The maximum absolute atomic E-state index is 11.7. The molecule has 19 heavy (non-hydrogen) atoms. The van der Waals surface area contributed by atoms with Gasteiger partial charge < -0.3 is 4.74 Å². The van der Waals surface area contributed by atoms with Gasteiger partial charge in [-0.15, -0.1) is 11.3 Å². The highest BCUT2D eigenvalue weighted by Crippen LogP contribution is 2.24. The second-order valence-electron chi connectivity index (χ2n) is 4.06. The summed E-state index contributed by atoms with van der Waals surface area (Å²) in [6.45, 7) is 3.66. The van der Waals surface area contributed by atoms with Gasteiger partial charge in [0.15, 0.2) is 5.13 Å². The summed E-state index contributed by atoms with van der Waals surface area (Å²) in [5.41, 5.74) is 0.642. The first-order valence-electron chi connectivity index (χ1n) is 5.91. The average Bonchev–Trinajstić information content (AvgIpc) is 2.66. The molecule has 0 saturated carbocycles. The van der Waals surface area contributed by atoms with E-state index in [4.69, 9.17) is 0 Å². The third-order valence-electron chi connectivity index (χ3n) is 2.43. The number of methoxy groups -OCH3 is 1. The summed E-state index contributed by atoms with van der Waals surface area (Å²) in [5, 5.41) is 0.299. The number of unbranched alkanes of at least 4 members (excludes halogenated alkanes) is 1. The molecule has 0 bridgehead atoms. The molecule has 0 fully saturated rings. The standard InChI is InChI=1S/C11H18N2O4S2/c1-4-5-6-19(15,16)13-11-12-8(2)9(18-11)7-10(14)17-3/h4-7H2,1-3H3,(H,12,13). The predicted molar refractivity (Wildman–Crippen MR) is 74.9 cm³/mol. The van der Waals surface area contributed by atoms with Crippen LogP contribution in [-0.4, -0.2) is 32.2 Å². The van der Waals surface area contributed by atoms with E-state index in [1.165, 1.54) is 7.11 Å². The molecule has 1 aromatic heterocycles. The van der Waals surface area contributed by atoms with Crippen molar-refractivity contribution in [3.8, 4) is 0 Å². The fourth-order valence-electron chi connectivity index (χ4n) is 1.36. The van der Waals surface area contributed by atoms with Crippen molar-refractivity contribution in [1.82, 2.24) is 4.98 Å². The van der Waals surface area contributed by atoms with E-state index in [9.17, 15) is 13.2 Å². The van der Waals surface area contributed by atoms with Crippen molar-refractivity contribution in [3.63, 3.8) is 0 Å². The normalized spacial score (nSPS) is 11.3. The van der Waals surface area contributed by atoms with Gasteiger partial charge in [0.25, 0.3) is 0 Å². The molecular weight excluding hydrogens is 288 g/mol. The van der Waals surface area contributed by atoms with Crippen LogP contribution in [0.1, 0.15) is 30.3 Å². The Balaban J connectivity index is 2.75. The van der Waals surface area contributed by atoms with Crippen LogP contribution in [-0.2, 0) is 26.0 Å². The summed E-state index contributed by atoms with van der Waals surface area (Å²) < 4.78 is 30.5. The van der Waals surface area contributed by atoms with Crippen molar-refractivity contribution in [3.05, 3.63) is 10.6 Å². The zero-order valence-electron chi connectivity index (χ0n) is 11.2. The molecular formula is C11H18N2O4S2. The Hall–Kier alpha value is -1.15. The van der Waals surface area contributed by atoms with Gasteiger partial charge in [-0.25, -0.2) is 13.4 Å². The highest BCUT2D eigenvalue weighted by atomic mass is 32.2. The number of sulfonamides is 1. The summed E-state index contributed by atoms with van der Waals surface area (Å²) in [6.07, 6.45) is 1.52. The molecule has 108 valence electrons. The minimum Gasteiger partial charge on any atom is -0.469 e. The number of thiazole rings is 1. The number of aryl methyl sites for hydroxylation is 1. The smallest absolute Gasteiger partial charge is 0.310 e. The first-order chi connectivity index (χ1) is 8.88. The molecule has 0 saturated heterocycles. The first kappa shape index (κ1) is 15.9. The quantitative estimate of drug-likeness (QED) is 0.775. The van der Waals surface area contributed by atoms with Gasteiger partial charge in [0, 0.05) is 4.88 Å². The Kier molecular flexibility index (Phi) is 5.74. The van der Waals surface area contributed by atoms with Crippen LogP contribution in [0.5, 0.6) is 0 Å². The lowest BCUT2D eigenvalue weighted by Crippen LogP contribution is -2.16. The minimum absolute atomic E-state index is 0.0778. The molecule has 0 spiro atoms. The topological polar surface area (TPSA) is 85.4 Å². The van der Waals surface area contributed by atoms with Gasteiger partial charge in [-0.3, -0.25) is 9.52 Å². The highest BCUT2D eigenvalue weighted by molar-refractivity contribution is 7.92. The lowest BCUT2D eigenvalue weighted by Gasteiger charge is -2.03. The van der Waals surface area contributed by atoms with Crippen LogP contribution < -0.4 is 4.72 Å².